The lowest BCUT2D eigenvalue weighted by atomic mass is 10.2. The van der Waals surface area contributed by atoms with Crippen molar-refractivity contribution in [3.63, 3.8) is 0 Å². The highest BCUT2D eigenvalue weighted by molar-refractivity contribution is 5.11. The van der Waals surface area contributed by atoms with Crippen LogP contribution in [-0.4, -0.2) is 22.9 Å². The van der Waals surface area contributed by atoms with Crippen molar-refractivity contribution < 1.29 is 4.74 Å². The molecule has 2 N–H and O–H groups in total. The molecule has 0 amide bonds. The Kier molecular flexibility index (Phi) is 5.85. The van der Waals surface area contributed by atoms with E-state index in [0.717, 1.165) is 38.3 Å². The molecule has 0 bridgehead atoms. The molecule has 1 aromatic rings. The second-order valence-corrected chi connectivity index (χ2v) is 3.58. The molecule has 0 radical (unpaired) electrons. The van der Waals surface area contributed by atoms with Crippen molar-refractivity contribution >= 4 is 0 Å². The molecular formula is C11H21N3O. The molecule has 1 aromatic heterocycles. The van der Waals surface area contributed by atoms with E-state index >= 15 is 0 Å². The molecule has 86 valence electrons. The fourth-order valence-electron chi connectivity index (χ4n) is 1.38. The molecule has 0 aliphatic carbocycles. The van der Waals surface area contributed by atoms with Gasteiger partial charge in [-0.3, -0.25) is 4.68 Å². The number of nitrogens with zero attached hydrogens (tertiary/aromatic N) is 2. The van der Waals surface area contributed by atoms with Gasteiger partial charge < -0.3 is 10.5 Å². The summed E-state index contributed by atoms with van der Waals surface area (Å²) < 4.78 is 7.42. The third kappa shape index (κ3) is 4.83. The SMILES string of the molecule is CCn1cc(OCCCCCCN)cn1. The van der Waals surface area contributed by atoms with Crippen LogP contribution in [0.5, 0.6) is 5.75 Å². The van der Waals surface area contributed by atoms with E-state index in [1.54, 1.807) is 6.20 Å². The number of hydrogen-bond acceptors (Lipinski definition) is 3. The van der Waals surface area contributed by atoms with E-state index in [9.17, 15) is 0 Å². The van der Waals surface area contributed by atoms with E-state index in [1.807, 2.05) is 10.9 Å². The summed E-state index contributed by atoms with van der Waals surface area (Å²) in [6, 6.07) is 0. The van der Waals surface area contributed by atoms with Crippen molar-refractivity contribution in [3.8, 4) is 5.75 Å². The van der Waals surface area contributed by atoms with Crippen LogP contribution in [0.1, 0.15) is 32.6 Å². The number of unbranched alkanes of at least 4 members (excludes halogenated alkanes) is 3. The lowest BCUT2D eigenvalue weighted by Crippen LogP contribution is -2.00. The minimum Gasteiger partial charge on any atom is -0.490 e. The average molecular weight is 211 g/mol. The van der Waals surface area contributed by atoms with Crippen LogP contribution in [0.25, 0.3) is 0 Å². The Labute approximate surface area is 91.4 Å². The number of ether oxygens (including phenoxy) is 1. The van der Waals surface area contributed by atoms with Crippen molar-refractivity contribution in [1.29, 1.82) is 0 Å². The number of nitrogens with two attached hydrogens (primary N) is 1. The Morgan fingerprint density at radius 1 is 1.33 bits per heavy atom. The molecule has 0 aliphatic rings. The van der Waals surface area contributed by atoms with Gasteiger partial charge in [0.2, 0.25) is 0 Å². The Morgan fingerprint density at radius 3 is 2.80 bits per heavy atom. The smallest absolute Gasteiger partial charge is 0.157 e. The van der Waals surface area contributed by atoms with Crippen LogP contribution >= 0.6 is 0 Å². The molecule has 1 rings (SSSR count). The van der Waals surface area contributed by atoms with Gasteiger partial charge in [-0.05, 0) is 26.3 Å². The second kappa shape index (κ2) is 7.29. The van der Waals surface area contributed by atoms with Crippen LogP contribution in [-0.2, 0) is 6.54 Å². The maximum atomic E-state index is 5.55. The zero-order chi connectivity index (χ0) is 10.9. The first kappa shape index (κ1) is 12.0. The van der Waals surface area contributed by atoms with Crippen molar-refractivity contribution in [2.24, 2.45) is 5.73 Å². The van der Waals surface area contributed by atoms with Gasteiger partial charge in [0.05, 0.1) is 19.0 Å². The van der Waals surface area contributed by atoms with Crippen LogP contribution in [0.15, 0.2) is 12.4 Å². The summed E-state index contributed by atoms with van der Waals surface area (Å²) in [6.07, 6.45) is 8.31. The quantitative estimate of drug-likeness (QED) is 0.667. The van der Waals surface area contributed by atoms with E-state index in [4.69, 9.17) is 10.5 Å². The summed E-state index contributed by atoms with van der Waals surface area (Å²) in [5, 5.41) is 4.14. The molecule has 4 nitrogen and oxygen atoms in total. The van der Waals surface area contributed by atoms with Gasteiger partial charge in [0.1, 0.15) is 0 Å². The Hall–Kier alpha value is -1.03. The molecule has 0 unspecified atom stereocenters. The van der Waals surface area contributed by atoms with Gasteiger partial charge >= 0.3 is 0 Å². The predicted octanol–water partition coefficient (Wildman–Crippen LogP) is 1.80. The predicted molar refractivity (Wildman–Crippen MR) is 60.9 cm³/mol. The maximum absolute atomic E-state index is 5.55. The van der Waals surface area contributed by atoms with E-state index in [2.05, 4.69) is 12.0 Å². The molecule has 0 fully saturated rings. The summed E-state index contributed by atoms with van der Waals surface area (Å²) in [6.45, 7) is 4.52. The fourth-order valence-corrected chi connectivity index (χ4v) is 1.38. The van der Waals surface area contributed by atoms with Crippen LogP contribution in [0.4, 0.5) is 0 Å². The standard InChI is InChI=1S/C11H21N3O/c1-2-14-10-11(9-13-14)15-8-6-4-3-5-7-12/h9-10H,2-8,12H2,1H3. The van der Waals surface area contributed by atoms with Crippen LogP contribution in [0.2, 0.25) is 0 Å². The molecule has 1 heterocycles. The van der Waals surface area contributed by atoms with Crippen LogP contribution in [0, 0.1) is 0 Å². The molecular weight excluding hydrogens is 190 g/mol. The summed E-state index contributed by atoms with van der Waals surface area (Å²) >= 11 is 0. The minimum absolute atomic E-state index is 0.778. The zero-order valence-corrected chi connectivity index (χ0v) is 9.48. The van der Waals surface area contributed by atoms with E-state index in [0.29, 0.717) is 0 Å². The van der Waals surface area contributed by atoms with E-state index < -0.39 is 0 Å². The van der Waals surface area contributed by atoms with Gasteiger partial charge in [0, 0.05) is 6.54 Å². The highest BCUT2D eigenvalue weighted by Gasteiger charge is 1.97. The minimum atomic E-state index is 0.778. The monoisotopic (exact) mass is 211 g/mol. The van der Waals surface area contributed by atoms with Gasteiger partial charge in [-0.1, -0.05) is 12.8 Å². The van der Waals surface area contributed by atoms with Crippen LogP contribution in [0.3, 0.4) is 0 Å². The van der Waals surface area contributed by atoms with E-state index in [1.165, 1.54) is 12.8 Å². The molecule has 0 saturated heterocycles. The normalized spacial score (nSPS) is 10.5. The molecule has 15 heavy (non-hydrogen) atoms. The first-order valence-electron chi connectivity index (χ1n) is 5.72. The molecule has 4 heteroatoms. The first-order chi connectivity index (χ1) is 7.36. The van der Waals surface area contributed by atoms with Crippen molar-refractivity contribution in [2.45, 2.75) is 39.2 Å². The van der Waals surface area contributed by atoms with Crippen molar-refractivity contribution in [2.75, 3.05) is 13.2 Å². The summed E-state index contributed by atoms with van der Waals surface area (Å²) in [5.74, 6) is 0.871. The Morgan fingerprint density at radius 2 is 2.13 bits per heavy atom. The number of aromatic nitrogens is 2. The molecule has 0 aromatic carbocycles. The number of rotatable bonds is 8. The largest absolute Gasteiger partial charge is 0.490 e. The van der Waals surface area contributed by atoms with Gasteiger partial charge in [-0.15, -0.1) is 0 Å². The highest BCUT2D eigenvalue weighted by Crippen LogP contribution is 2.09. The Balaban J connectivity index is 2.04. The molecule has 0 saturated carbocycles. The summed E-state index contributed by atoms with van der Waals surface area (Å²) in [7, 11) is 0. The topological polar surface area (TPSA) is 53.1 Å². The molecule has 0 spiro atoms. The average Bonchev–Trinajstić information content (AvgIpc) is 2.71. The summed E-state index contributed by atoms with van der Waals surface area (Å²) in [5.41, 5.74) is 5.41. The van der Waals surface area contributed by atoms with Gasteiger partial charge in [0.15, 0.2) is 5.75 Å². The van der Waals surface area contributed by atoms with Gasteiger partial charge in [-0.25, -0.2) is 0 Å². The molecule has 0 atom stereocenters. The fraction of sp³-hybridized carbons (Fsp3) is 0.727. The lowest BCUT2D eigenvalue weighted by molar-refractivity contribution is 0.304. The maximum Gasteiger partial charge on any atom is 0.157 e. The number of aryl methyl sites for hydroxylation is 1. The first-order valence-corrected chi connectivity index (χ1v) is 5.72. The third-order valence-electron chi connectivity index (χ3n) is 2.30. The number of hydrogen-bond donors (Lipinski definition) is 1. The Bertz CT molecular complexity index is 260. The van der Waals surface area contributed by atoms with E-state index in [-0.39, 0.29) is 0 Å². The van der Waals surface area contributed by atoms with Crippen molar-refractivity contribution in [3.05, 3.63) is 12.4 Å². The van der Waals surface area contributed by atoms with Crippen LogP contribution < -0.4 is 10.5 Å². The molecule has 0 aliphatic heterocycles. The highest BCUT2D eigenvalue weighted by atomic mass is 16.5. The second-order valence-electron chi connectivity index (χ2n) is 3.58. The zero-order valence-electron chi connectivity index (χ0n) is 9.48. The van der Waals surface area contributed by atoms with Crippen molar-refractivity contribution in [1.82, 2.24) is 9.78 Å². The van der Waals surface area contributed by atoms with Gasteiger partial charge in [-0.2, -0.15) is 5.10 Å². The van der Waals surface area contributed by atoms with Gasteiger partial charge in [0.25, 0.3) is 0 Å². The lowest BCUT2D eigenvalue weighted by Gasteiger charge is -2.02. The third-order valence-corrected chi connectivity index (χ3v) is 2.30. The summed E-state index contributed by atoms with van der Waals surface area (Å²) in [4.78, 5) is 0.